The van der Waals surface area contributed by atoms with Crippen LogP contribution < -0.4 is 5.73 Å². The second kappa shape index (κ2) is 9.60. The Morgan fingerprint density at radius 2 is 1.70 bits per heavy atom. The van der Waals surface area contributed by atoms with E-state index in [9.17, 15) is 14.7 Å². The molecule has 30 heavy (non-hydrogen) atoms. The van der Waals surface area contributed by atoms with Crippen molar-refractivity contribution in [3.63, 3.8) is 0 Å². The third-order valence-electron chi connectivity index (χ3n) is 5.85. The lowest BCUT2D eigenvalue weighted by Gasteiger charge is -2.45. The first-order valence-electron chi connectivity index (χ1n) is 10.3. The number of carboxylic acids is 1. The molecule has 0 radical (unpaired) electrons. The summed E-state index contributed by atoms with van der Waals surface area (Å²) in [5.41, 5.74) is 6.33. The summed E-state index contributed by atoms with van der Waals surface area (Å²) in [4.78, 5) is 27.3. The van der Waals surface area contributed by atoms with Crippen LogP contribution in [-0.2, 0) is 9.59 Å². The number of likely N-dealkylation sites (tertiary alicyclic amines) is 1. The van der Waals surface area contributed by atoms with Crippen molar-refractivity contribution in [2.75, 3.05) is 6.54 Å². The predicted octanol–water partition coefficient (Wildman–Crippen LogP) is 3.60. The van der Waals surface area contributed by atoms with Gasteiger partial charge in [-0.15, -0.1) is 11.8 Å². The lowest BCUT2D eigenvalue weighted by molar-refractivity contribution is -0.164. The highest BCUT2D eigenvalue weighted by atomic mass is 16.4. The van der Waals surface area contributed by atoms with E-state index < -0.39 is 17.6 Å². The molecule has 0 bridgehead atoms. The van der Waals surface area contributed by atoms with Crippen LogP contribution >= 0.6 is 0 Å². The molecule has 0 saturated carbocycles. The molecule has 5 nitrogen and oxygen atoms in total. The molecule has 156 valence electrons. The van der Waals surface area contributed by atoms with E-state index in [1.165, 1.54) is 4.90 Å². The second-order valence-corrected chi connectivity index (χ2v) is 7.80. The van der Waals surface area contributed by atoms with Gasteiger partial charge in [-0.2, -0.15) is 0 Å². The molecule has 1 aliphatic rings. The van der Waals surface area contributed by atoms with Crippen LogP contribution in [0.15, 0.2) is 60.7 Å². The fourth-order valence-electron chi connectivity index (χ4n) is 4.25. The molecule has 5 heteroatoms. The minimum atomic E-state index is -1.72. The van der Waals surface area contributed by atoms with E-state index in [2.05, 4.69) is 11.8 Å². The fourth-order valence-corrected chi connectivity index (χ4v) is 4.25. The van der Waals surface area contributed by atoms with Crippen LogP contribution in [0.3, 0.4) is 0 Å². The van der Waals surface area contributed by atoms with E-state index in [0.717, 1.165) is 24.0 Å². The second-order valence-electron chi connectivity index (χ2n) is 7.80. The Bertz CT molecular complexity index is 894. The highest BCUT2D eigenvalue weighted by Crippen LogP contribution is 2.36. The van der Waals surface area contributed by atoms with E-state index in [4.69, 9.17) is 5.73 Å². The molecule has 1 fully saturated rings. The standard InChI is InChI=1S/C25H28N2O3/c1-2-3-6-11-19-16-17-27(25(26,18-19)24(29)30)23(28)22(20-12-7-4-8-13-20)21-14-9-5-10-15-21/h4-5,7-10,12-15,19,22H,6,11,16-18,26H2,1H3,(H,29,30)/t19-,25+/m1/s1. The topological polar surface area (TPSA) is 83.6 Å². The quantitative estimate of drug-likeness (QED) is 0.721. The predicted molar refractivity (Wildman–Crippen MR) is 116 cm³/mol. The molecule has 1 aliphatic heterocycles. The monoisotopic (exact) mass is 404 g/mol. The van der Waals surface area contributed by atoms with Crippen LogP contribution in [0.5, 0.6) is 0 Å². The number of rotatable bonds is 6. The number of nitrogens with zero attached hydrogens (tertiary/aromatic N) is 1. The largest absolute Gasteiger partial charge is 0.478 e. The molecule has 1 amide bonds. The molecule has 0 aliphatic carbocycles. The van der Waals surface area contributed by atoms with E-state index in [0.29, 0.717) is 13.0 Å². The molecule has 3 N–H and O–H groups in total. The lowest BCUT2D eigenvalue weighted by Crippen LogP contribution is -2.67. The van der Waals surface area contributed by atoms with Crippen molar-refractivity contribution in [1.82, 2.24) is 4.90 Å². The van der Waals surface area contributed by atoms with Gasteiger partial charge < -0.3 is 10.0 Å². The van der Waals surface area contributed by atoms with Crippen LogP contribution in [0, 0.1) is 17.8 Å². The molecule has 2 aromatic rings. The number of carboxylic acid groups (broad SMARTS) is 1. The first kappa shape index (κ1) is 21.6. The molecular weight excluding hydrogens is 376 g/mol. The SMILES string of the molecule is CC#CCC[C@@H]1CCN(C(=O)C(c2ccccc2)c2ccccc2)[C@](N)(C(=O)O)C1. The zero-order chi connectivity index (χ0) is 21.6. The Labute approximate surface area is 177 Å². The van der Waals surface area contributed by atoms with Crippen molar-refractivity contribution in [3.8, 4) is 11.8 Å². The molecule has 3 rings (SSSR count). The summed E-state index contributed by atoms with van der Waals surface area (Å²) in [7, 11) is 0. The molecule has 0 aromatic heterocycles. The number of benzene rings is 2. The average molecular weight is 405 g/mol. The van der Waals surface area contributed by atoms with Gasteiger partial charge in [0, 0.05) is 13.0 Å². The summed E-state index contributed by atoms with van der Waals surface area (Å²) in [6, 6.07) is 18.9. The fraction of sp³-hybridized carbons (Fsp3) is 0.360. The van der Waals surface area contributed by atoms with Crippen LogP contribution in [0.1, 0.15) is 49.7 Å². The van der Waals surface area contributed by atoms with Gasteiger partial charge in [-0.3, -0.25) is 10.5 Å². The van der Waals surface area contributed by atoms with E-state index in [-0.39, 0.29) is 18.2 Å². The molecule has 2 aromatic carbocycles. The van der Waals surface area contributed by atoms with Gasteiger partial charge in [-0.05, 0) is 43.2 Å². The summed E-state index contributed by atoms with van der Waals surface area (Å²) < 4.78 is 0. The molecule has 0 unspecified atom stereocenters. The van der Waals surface area contributed by atoms with Crippen molar-refractivity contribution in [3.05, 3.63) is 71.8 Å². The minimum Gasteiger partial charge on any atom is -0.478 e. The summed E-state index contributed by atoms with van der Waals surface area (Å²) >= 11 is 0. The zero-order valence-corrected chi connectivity index (χ0v) is 17.3. The Hall–Kier alpha value is -3.10. The maximum Gasteiger partial charge on any atom is 0.344 e. The lowest BCUT2D eigenvalue weighted by atomic mass is 9.81. The minimum absolute atomic E-state index is 0.128. The number of nitrogens with two attached hydrogens (primary N) is 1. The number of hydrogen-bond donors (Lipinski definition) is 2. The first-order chi connectivity index (χ1) is 14.5. The van der Waals surface area contributed by atoms with Gasteiger partial charge in [-0.25, -0.2) is 4.79 Å². The number of amides is 1. The van der Waals surface area contributed by atoms with Crippen LogP contribution in [0.2, 0.25) is 0 Å². The smallest absolute Gasteiger partial charge is 0.344 e. The summed E-state index contributed by atoms with van der Waals surface area (Å²) in [5, 5.41) is 9.98. The Morgan fingerprint density at radius 3 is 2.20 bits per heavy atom. The van der Waals surface area contributed by atoms with Gasteiger partial charge in [0.2, 0.25) is 5.91 Å². The van der Waals surface area contributed by atoms with Gasteiger partial charge in [-0.1, -0.05) is 60.7 Å². The highest BCUT2D eigenvalue weighted by Gasteiger charge is 2.49. The molecule has 1 heterocycles. The van der Waals surface area contributed by atoms with Gasteiger partial charge in [0.1, 0.15) is 0 Å². The number of carbonyl (C=O) groups excluding carboxylic acids is 1. The van der Waals surface area contributed by atoms with Crippen LogP contribution in [-0.4, -0.2) is 34.1 Å². The highest BCUT2D eigenvalue weighted by molar-refractivity contribution is 5.92. The number of carbonyl (C=O) groups is 2. The van der Waals surface area contributed by atoms with E-state index in [1.54, 1.807) is 6.92 Å². The van der Waals surface area contributed by atoms with Crippen LogP contribution in [0.25, 0.3) is 0 Å². The Kier molecular flexibility index (Phi) is 6.91. The maximum atomic E-state index is 13.7. The molecule has 2 atom stereocenters. The van der Waals surface area contributed by atoms with Crippen LogP contribution in [0.4, 0.5) is 0 Å². The van der Waals surface area contributed by atoms with Gasteiger partial charge in [0.15, 0.2) is 5.66 Å². The zero-order valence-electron chi connectivity index (χ0n) is 17.3. The van der Waals surface area contributed by atoms with Crippen molar-refractivity contribution in [1.29, 1.82) is 0 Å². The normalized spacial score (nSPS) is 21.0. The molecule has 1 saturated heterocycles. The molecule has 0 spiro atoms. The van der Waals surface area contributed by atoms with Crippen molar-refractivity contribution < 1.29 is 14.7 Å². The summed E-state index contributed by atoms with van der Waals surface area (Å²) in [5.74, 6) is 3.98. The van der Waals surface area contributed by atoms with E-state index >= 15 is 0 Å². The Morgan fingerprint density at radius 1 is 1.13 bits per heavy atom. The number of aliphatic carboxylic acids is 1. The summed E-state index contributed by atoms with van der Waals surface area (Å²) in [6.07, 6.45) is 2.45. The van der Waals surface area contributed by atoms with Gasteiger partial charge >= 0.3 is 5.97 Å². The number of piperidine rings is 1. The third-order valence-corrected chi connectivity index (χ3v) is 5.85. The van der Waals surface area contributed by atoms with Crippen molar-refractivity contribution >= 4 is 11.9 Å². The molecular formula is C25H28N2O3. The third kappa shape index (κ3) is 4.55. The van der Waals surface area contributed by atoms with Gasteiger partial charge in [0.25, 0.3) is 0 Å². The maximum absolute atomic E-state index is 13.7. The Balaban J connectivity index is 1.93. The van der Waals surface area contributed by atoms with Gasteiger partial charge in [0.05, 0.1) is 5.92 Å². The van der Waals surface area contributed by atoms with Crippen molar-refractivity contribution in [2.45, 2.75) is 44.2 Å². The first-order valence-corrected chi connectivity index (χ1v) is 10.3. The number of hydrogen-bond acceptors (Lipinski definition) is 3. The van der Waals surface area contributed by atoms with Crippen molar-refractivity contribution in [2.24, 2.45) is 11.7 Å². The van der Waals surface area contributed by atoms with E-state index in [1.807, 2.05) is 60.7 Å². The summed E-state index contributed by atoms with van der Waals surface area (Å²) in [6.45, 7) is 2.11. The average Bonchev–Trinajstić information content (AvgIpc) is 2.75.